The maximum atomic E-state index is 12.2. The zero-order chi connectivity index (χ0) is 18.1. The van der Waals surface area contributed by atoms with E-state index in [2.05, 4.69) is 41.5 Å². The number of thiazole rings is 1. The molecule has 0 spiro atoms. The molecule has 6 heteroatoms. The van der Waals surface area contributed by atoms with Crippen molar-refractivity contribution in [3.05, 3.63) is 39.7 Å². The molecule has 0 atom stereocenters. The van der Waals surface area contributed by atoms with Crippen LogP contribution in [0.3, 0.4) is 0 Å². The summed E-state index contributed by atoms with van der Waals surface area (Å²) >= 11 is 1.58. The first kappa shape index (κ1) is 19.6. The van der Waals surface area contributed by atoms with Gasteiger partial charge in [-0.05, 0) is 20.3 Å². The lowest BCUT2D eigenvalue weighted by molar-refractivity contribution is -0.120. The first-order chi connectivity index (χ1) is 12.1. The molecule has 0 saturated carbocycles. The zero-order valence-electron chi connectivity index (χ0n) is 15.1. The third-order valence-electron chi connectivity index (χ3n) is 3.67. The summed E-state index contributed by atoms with van der Waals surface area (Å²) in [4.78, 5) is 17.8. The van der Waals surface area contributed by atoms with Crippen molar-refractivity contribution >= 4 is 17.2 Å². The molecular weight excluding hydrogens is 336 g/mol. The van der Waals surface area contributed by atoms with E-state index >= 15 is 0 Å². The first-order valence-electron chi connectivity index (χ1n) is 8.47. The largest absolute Gasteiger partial charge is 0.382 e. The number of nitrogens with one attached hydrogen (secondary N) is 1. The standard InChI is InChI=1S/C19H26N2O3S/c1-14-5-7-16(8-6-14)19-17(25-15(2)21-19)13-18(22)20-9-4-10-24-12-11-23-3/h5-8H,4,9-13H2,1-3H3,(H,20,22). The Morgan fingerprint density at radius 2 is 1.92 bits per heavy atom. The molecule has 2 rings (SSSR count). The van der Waals surface area contributed by atoms with Crippen LogP contribution in [0, 0.1) is 13.8 Å². The lowest BCUT2D eigenvalue weighted by Gasteiger charge is -2.07. The van der Waals surface area contributed by atoms with Gasteiger partial charge in [-0.3, -0.25) is 4.79 Å². The normalized spacial score (nSPS) is 10.8. The van der Waals surface area contributed by atoms with Crippen LogP contribution in [-0.2, 0) is 20.7 Å². The molecule has 2 aromatic rings. The monoisotopic (exact) mass is 362 g/mol. The van der Waals surface area contributed by atoms with Gasteiger partial charge in [-0.15, -0.1) is 11.3 Å². The van der Waals surface area contributed by atoms with Crippen molar-refractivity contribution < 1.29 is 14.3 Å². The average molecular weight is 362 g/mol. The summed E-state index contributed by atoms with van der Waals surface area (Å²) in [7, 11) is 1.65. The number of methoxy groups -OCH3 is 1. The van der Waals surface area contributed by atoms with Gasteiger partial charge in [-0.25, -0.2) is 4.98 Å². The van der Waals surface area contributed by atoms with Crippen LogP contribution in [0.1, 0.15) is 21.9 Å². The van der Waals surface area contributed by atoms with Gasteiger partial charge in [0.1, 0.15) is 0 Å². The minimum Gasteiger partial charge on any atom is -0.382 e. The van der Waals surface area contributed by atoms with E-state index < -0.39 is 0 Å². The maximum absolute atomic E-state index is 12.2. The van der Waals surface area contributed by atoms with Crippen LogP contribution in [0.4, 0.5) is 0 Å². The Kier molecular flexibility index (Phi) is 8.04. The van der Waals surface area contributed by atoms with E-state index in [4.69, 9.17) is 9.47 Å². The van der Waals surface area contributed by atoms with Gasteiger partial charge in [-0.1, -0.05) is 29.8 Å². The number of hydrogen-bond donors (Lipinski definition) is 1. The molecule has 0 fully saturated rings. The molecule has 0 aliphatic rings. The van der Waals surface area contributed by atoms with Gasteiger partial charge in [-0.2, -0.15) is 0 Å². The third-order valence-corrected chi connectivity index (χ3v) is 4.64. The van der Waals surface area contributed by atoms with Gasteiger partial charge in [0.15, 0.2) is 0 Å². The topological polar surface area (TPSA) is 60.5 Å². The van der Waals surface area contributed by atoms with E-state index in [0.29, 0.717) is 32.8 Å². The van der Waals surface area contributed by atoms with Crippen molar-refractivity contribution in [2.75, 3.05) is 33.5 Å². The van der Waals surface area contributed by atoms with E-state index in [1.807, 2.05) is 6.92 Å². The number of benzene rings is 1. The zero-order valence-corrected chi connectivity index (χ0v) is 15.9. The summed E-state index contributed by atoms with van der Waals surface area (Å²) in [6.07, 6.45) is 1.15. The molecule has 1 heterocycles. The molecule has 0 bridgehead atoms. The first-order valence-corrected chi connectivity index (χ1v) is 9.28. The Balaban J connectivity index is 1.84. The highest BCUT2D eigenvalue weighted by Gasteiger charge is 2.14. The quantitative estimate of drug-likeness (QED) is 0.660. The molecular formula is C19H26N2O3S. The fraction of sp³-hybridized carbons (Fsp3) is 0.474. The Morgan fingerprint density at radius 3 is 2.64 bits per heavy atom. The Hall–Kier alpha value is -1.76. The van der Waals surface area contributed by atoms with Gasteiger partial charge in [0, 0.05) is 30.7 Å². The molecule has 25 heavy (non-hydrogen) atoms. The molecule has 0 radical (unpaired) electrons. The maximum Gasteiger partial charge on any atom is 0.225 e. The van der Waals surface area contributed by atoms with Crippen molar-refractivity contribution in [1.29, 1.82) is 0 Å². The molecule has 1 aromatic heterocycles. The fourth-order valence-corrected chi connectivity index (χ4v) is 3.34. The van der Waals surface area contributed by atoms with Crippen LogP contribution >= 0.6 is 11.3 Å². The number of carbonyl (C=O) groups excluding carboxylic acids is 1. The minimum atomic E-state index is 0.0221. The SMILES string of the molecule is COCCOCCCNC(=O)Cc1sc(C)nc1-c1ccc(C)cc1. The van der Waals surface area contributed by atoms with Crippen LogP contribution in [0.2, 0.25) is 0 Å². The van der Waals surface area contributed by atoms with Crippen molar-refractivity contribution in [2.24, 2.45) is 0 Å². The second-order valence-electron chi connectivity index (χ2n) is 5.86. The second-order valence-corrected chi connectivity index (χ2v) is 7.14. The summed E-state index contributed by atoms with van der Waals surface area (Å²) in [5, 5.41) is 3.92. The molecule has 0 aliphatic carbocycles. The molecule has 0 unspecified atom stereocenters. The summed E-state index contributed by atoms with van der Waals surface area (Å²) in [6.45, 7) is 6.45. The molecule has 5 nitrogen and oxygen atoms in total. The van der Waals surface area contributed by atoms with E-state index in [9.17, 15) is 4.79 Å². The van der Waals surface area contributed by atoms with Crippen molar-refractivity contribution in [3.63, 3.8) is 0 Å². The number of hydrogen-bond acceptors (Lipinski definition) is 5. The number of rotatable bonds is 10. The number of nitrogens with zero attached hydrogens (tertiary/aromatic N) is 1. The number of aryl methyl sites for hydroxylation is 2. The molecule has 1 N–H and O–H groups in total. The molecule has 1 aromatic carbocycles. The summed E-state index contributed by atoms with van der Waals surface area (Å²) < 4.78 is 10.3. The van der Waals surface area contributed by atoms with Gasteiger partial charge in [0.25, 0.3) is 0 Å². The smallest absolute Gasteiger partial charge is 0.225 e. The number of carbonyl (C=O) groups is 1. The predicted octanol–water partition coefficient (Wildman–Crippen LogP) is 3.14. The van der Waals surface area contributed by atoms with Gasteiger partial charge in [0.05, 0.1) is 30.3 Å². The lowest BCUT2D eigenvalue weighted by Crippen LogP contribution is -2.26. The summed E-state index contributed by atoms with van der Waals surface area (Å²) in [6, 6.07) is 8.25. The molecule has 1 amide bonds. The fourth-order valence-electron chi connectivity index (χ4n) is 2.38. The highest BCUT2D eigenvalue weighted by Crippen LogP contribution is 2.28. The van der Waals surface area contributed by atoms with Crippen LogP contribution in [0.15, 0.2) is 24.3 Å². The summed E-state index contributed by atoms with van der Waals surface area (Å²) in [5.74, 6) is 0.0221. The van der Waals surface area contributed by atoms with Crippen LogP contribution in [0.5, 0.6) is 0 Å². The number of aromatic nitrogens is 1. The number of amides is 1. The van der Waals surface area contributed by atoms with E-state index in [1.54, 1.807) is 18.4 Å². The summed E-state index contributed by atoms with van der Waals surface area (Å²) in [5.41, 5.74) is 3.19. The Bertz CT molecular complexity index is 668. The van der Waals surface area contributed by atoms with E-state index in [-0.39, 0.29) is 5.91 Å². The highest BCUT2D eigenvalue weighted by atomic mass is 32.1. The average Bonchev–Trinajstić information content (AvgIpc) is 2.95. The van der Waals surface area contributed by atoms with Crippen molar-refractivity contribution in [3.8, 4) is 11.3 Å². The minimum absolute atomic E-state index is 0.0221. The third kappa shape index (κ3) is 6.57. The van der Waals surface area contributed by atoms with E-state index in [0.717, 1.165) is 27.6 Å². The van der Waals surface area contributed by atoms with Crippen LogP contribution in [-0.4, -0.2) is 44.4 Å². The van der Waals surface area contributed by atoms with E-state index in [1.165, 1.54) is 5.56 Å². The highest BCUT2D eigenvalue weighted by molar-refractivity contribution is 7.12. The van der Waals surface area contributed by atoms with Crippen molar-refractivity contribution in [1.82, 2.24) is 10.3 Å². The van der Waals surface area contributed by atoms with Gasteiger partial charge < -0.3 is 14.8 Å². The van der Waals surface area contributed by atoms with Crippen LogP contribution in [0.25, 0.3) is 11.3 Å². The second kappa shape index (κ2) is 10.3. The predicted molar refractivity (Wildman–Crippen MR) is 101 cm³/mol. The molecule has 136 valence electrons. The molecule has 0 saturated heterocycles. The van der Waals surface area contributed by atoms with Crippen LogP contribution < -0.4 is 5.32 Å². The van der Waals surface area contributed by atoms with Gasteiger partial charge in [0.2, 0.25) is 5.91 Å². The lowest BCUT2D eigenvalue weighted by atomic mass is 10.1. The Morgan fingerprint density at radius 1 is 1.16 bits per heavy atom. The molecule has 0 aliphatic heterocycles. The Labute approximate surface area is 153 Å². The van der Waals surface area contributed by atoms with Crippen molar-refractivity contribution in [2.45, 2.75) is 26.7 Å². The number of ether oxygens (including phenoxy) is 2. The van der Waals surface area contributed by atoms with Gasteiger partial charge >= 0.3 is 0 Å².